The van der Waals surface area contributed by atoms with Gasteiger partial charge >= 0.3 is 5.97 Å². The molecule has 0 aliphatic heterocycles. The van der Waals surface area contributed by atoms with E-state index in [1.165, 1.54) is 31.9 Å². The first kappa shape index (κ1) is 16.3. The highest BCUT2D eigenvalue weighted by atomic mass is 16.5. The Morgan fingerprint density at radius 1 is 1.05 bits per heavy atom. The minimum atomic E-state index is -0.294. The van der Waals surface area contributed by atoms with Gasteiger partial charge in [0.05, 0.1) is 12.7 Å². The van der Waals surface area contributed by atoms with Crippen molar-refractivity contribution in [3.05, 3.63) is 59.2 Å². The van der Waals surface area contributed by atoms with Crippen LogP contribution in [0.3, 0.4) is 0 Å². The average molecular weight is 296 g/mol. The molecule has 0 unspecified atom stereocenters. The number of hydrogen-bond acceptors (Lipinski definition) is 2. The summed E-state index contributed by atoms with van der Waals surface area (Å²) in [7, 11) is 1.41. The highest BCUT2D eigenvalue weighted by molar-refractivity contribution is 5.91. The van der Waals surface area contributed by atoms with Crippen molar-refractivity contribution in [2.24, 2.45) is 0 Å². The minimum Gasteiger partial charge on any atom is -0.465 e. The third-order valence-electron chi connectivity index (χ3n) is 3.99. The monoisotopic (exact) mass is 296 g/mol. The van der Waals surface area contributed by atoms with Gasteiger partial charge < -0.3 is 4.74 Å². The molecular formula is C20H24O2. The Morgan fingerprint density at radius 3 is 2.41 bits per heavy atom. The van der Waals surface area contributed by atoms with E-state index in [1.54, 1.807) is 0 Å². The maximum atomic E-state index is 11.7. The Bertz CT molecular complexity index is 627. The lowest BCUT2D eigenvalue weighted by molar-refractivity contribution is 0.0601. The summed E-state index contributed by atoms with van der Waals surface area (Å²) in [6.45, 7) is 4.28. The van der Waals surface area contributed by atoms with Crippen molar-refractivity contribution in [3.8, 4) is 11.1 Å². The number of hydrogen-bond donors (Lipinski definition) is 0. The quantitative estimate of drug-likeness (QED) is 0.542. The molecule has 0 saturated carbocycles. The molecule has 116 valence electrons. The Morgan fingerprint density at radius 2 is 1.77 bits per heavy atom. The first-order valence-corrected chi connectivity index (χ1v) is 7.94. The molecule has 0 amide bonds. The fourth-order valence-corrected chi connectivity index (χ4v) is 2.61. The van der Waals surface area contributed by atoms with Gasteiger partial charge in [-0.15, -0.1) is 0 Å². The zero-order chi connectivity index (χ0) is 15.9. The van der Waals surface area contributed by atoms with E-state index < -0.39 is 0 Å². The van der Waals surface area contributed by atoms with Crippen LogP contribution in [-0.2, 0) is 11.2 Å². The zero-order valence-electron chi connectivity index (χ0n) is 13.7. The van der Waals surface area contributed by atoms with Crippen LogP contribution in [0.15, 0.2) is 42.5 Å². The molecule has 2 rings (SSSR count). The van der Waals surface area contributed by atoms with Crippen LogP contribution in [0.25, 0.3) is 11.1 Å². The summed E-state index contributed by atoms with van der Waals surface area (Å²) in [6.07, 6.45) is 4.90. The maximum absolute atomic E-state index is 11.7. The number of ether oxygens (including phenoxy) is 1. The Hall–Kier alpha value is -2.09. The number of rotatable bonds is 6. The SMILES string of the molecule is CCCCCc1ccc(-c2cc(C(=O)OC)ccc2C)cc1. The van der Waals surface area contributed by atoms with Crippen LogP contribution in [0.4, 0.5) is 0 Å². The standard InChI is InChI=1S/C20H24O2/c1-4-5-6-7-16-9-12-17(13-10-16)19-14-18(20(21)22-3)11-8-15(19)2/h8-14H,4-7H2,1-3H3. The van der Waals surface area contributed by atoms with E-state index in [0.29, 0.717) is 5.56 Å². The number of benzene rings is 2. The van der Waals surface area contributed by atoms with Gasteiger partial charge in [0.1, 0.15) is 0 Å². The fraction of sp³-hybridized carbons (Fsp3) is 0.350. The van der Waals surface area contributed by atoms with Gasteiger partial charge in [-0.2, -0.15) is 0 Å². The number of unbranched alkanes of at least 4 members (excludes halogenated alkanes) is 2. The summed E-state index contributed by atoms with van der Waals surface area (Å²) in [4.78, 5) is 11.7. The second-order valence-corrected chi connectivity index (χ2v) is 5.68. The molecule has 2 aromatic carbocycles. The van der Waals surface area contributed by atoms with Crippen LogP contribution >= 0.6 is 0 Å². The highest BCUT2D eigenvalue weighted by Gasteiger charge is 2.09. The summed E-state index contributed by atoms with van der Waals surface area (Å²) in [5.41, 5.74) is 5.35. The molecule has 0 N–H and O–H groups in total. The van der Waals surface area contributed by atoms with Crippen molar-refractivity contribution in [2.75, 3.05) is 7.11 Å². The van der Waals surface area contributed by atoms with Gasteiger partial charge in [-0.1, -0.05) is 50.1 Å². The molecule has 2 nitrogen and oxygen atoms in total. The third kappa shape index (κ3) is 3.97. The van der Waals surface area contributed by atoms with Gasteiger partial charge in [-0.05, 0) is 54.2 Å². The molecular weight excluding hydrogens is 272 g/mol. The maximum Gasteiger partial charge on any atom is 0.337 e. The normalized spacial score (nSPS) is 10.5. The van der Waals surface area contributed by atoms with Gasteiger partial charge in [-0.3, -0.25) is 0 Å². The first-order chi connectivity index (χ1) is 10.7. The molecule has 0 heterocycles. The molecule has 0 atom stereocenters. The van der Waals surface area contributed by atoms with Gasteiger partial charge in [-0.25, -0.2) is 4.79 Å². The Balaban J connectivity index is 2.22. The van der Waals surface area contributed by atoms with E-state index in [9.17, 15) is 4.79 Å². The minimum absolute atomic E-state index is 0.294. The number of aryl methyl sites for hydroxylation is 2. The molecule has 0 aliphatic rings. The summed E-state index contributed by atoms with van der Waals surface area (Å²) >= 11 is 0. The molecule has 0 fully saturated rings. The van der Waals surface area contributed by atoms with Gasteiger partial charge in [0.15, 0.2) is 0 Å². The largest absolute Gasteiger partial charge is 0.465 e. The van der Waals surface area contributed by atoms with E-state index >= 15 is 0 Å². The highest BCUT2D eigenvalue weighted by Crippen LogP contribution is 2.25. The molecule has 2 aromatic rings. The summed E-state index contributed by atoms with van der Waals surface area (Å²) < 4.78 is 4.80. The lowest BCUT2D eigenvalue weighted by Crippen LogP contribution is -2.01. The number of carbonyl (C=O) groups excluding carboxylic acids is 1. The molecule has 0 radical (unpaired) electrons. The third-order valence-corrected chi connectivity index (χ3v) is 3.99. The summed E-state index contributed by atoms with van der Waals surface area (Å²) in [5, 5.41) is 0. The second kappa shape index (κ2) is 7.79. The second-order valence-electron chi connectivity index (χ2n) is 5.68. The summed E-state index contributed by atoms with van der Waals surface area (Å²) in [5.74, 6) is -0.294. The summed E-state index contributed by atoms with van der Waals surface area (Å²) in [6, 6.07) is 14.4. The van der Waals surface area contributed by atoms with E-state index in [1.807, 2.05) is 18.2 Å². The van der Waals surface area contributed by atoms with Crippen molar-refractivity contribution in [1.82, 2.24) is 0 Å². The van der Waals surface area contributed by atoms with Crippen LogP contribution < -0.4 is 0 Å². The van der Waals surface area contributed by atoms with Crippen molar-refractivity contribution in [3.63, 3.8) is 0 Å². The molecule has 22 heavy (non-hydrogen) atoms. The predicted octanol–water partition coefficient (Wildman–Crippen LogP) is 5.18. The topological polar surface area (TPSA) is 26.3 Å². The predicted molar refractivity (Wildman–Crippen MR) is 91.2 cm³/mol. The fourth-order valence-electron chi connectivity index (χ4n) is 2.61. The Labute approximate surface area is 133 Å². The lowest BCUT2D eigenvalue weighted by Gasteiger charge is -2.09. The number of carbonyl (C=O) groups is 1. The van der Waals surface area contributed by atoms with E-state index in [4.69, 9.17) is 4.74 Å². The van der Waals surface area contributed by atoms with E-state index in [-0.39, 0.29) is 5.97 Å². The first-order valence-electron chi connectivity index (χ1n) is 7.94. The van der Waals surface area contributed by atoms with Crippen molar-refractivity contribution >= 4 is 5.97 Å². The molecule has 0 aromatic heterocycles. The van der Waals surface area contributed by atoms with E-state index in [0.717, 1.165) is 23.1 Å². The van der Waals surface area contributed by atoms with Crippen LogP contribution in [0.2, 0.25) is 0 Å². The van der Waals surface area contributed by atoms with E-state index in [2.05, 4.69) is 38.1 Å². The Kier molecular flexibility index (Phi) is 5.76. The van der Waals surface area contributed by atoms with Crippen molar-refractivity contribution in [2.45, 2.75) is 39.5 Å². The number of esters is 1. The van der Waals surface area contributed by atoms with Gasteiger partial charge in [0.25, 0.3) is 0 Å². The number of methoxy groups -OCH3 is 1. The van der Waals surface area contributed by atoms with Crippen LogP contribution in [0.5, 0.6) is 0 Å². The van der Waals surface area contributed by atoms with Crippen LogP contribution in [-0.4, -0.2) is 13.1 Å². The van der Waals surface area contributed by atoms with Crippen molar-refractivity contribution < 1.29 is 9.53 Å². The average Bonchev–Trinajstić information content (AvgIpc) is 2.55. The van der Waals surface area contributed by atoms with Gasteiger partial charge in [0, 0.05) is 0 Å². The van der Waals surface area contributed by atoms with Crippen molar-refractivity contribution in [1.29, 1.82) is 0 Å². The van der Waals surface area contributed by atoms with Crippen LogP contribution in [0, 0.1) is 6.92 Å². The molecule has 0 aliphatic carbocycles. The van der Waals surface area contributed by atoms with Gasteiger partial charge in [0.2, 0.25) is 0 Å². The molecule has 0 spiro atoms. The lowest BCUT2D eigenvalue weighted by atomic mass is 9.96. The smallest absolute Gasteiger partial charge is 0.337 e. The molecule has 0 bridgehead atoms. The zero-order valence-corrected chi connectivity index (χ0v) is 13.7. The van der Waals surface area contributed by atoms with Crippen LogP contribution in [0.1, 0.15) is 47.7 Å². The molecule has 2 heteroatoms. The molecule has 0 saturated heterocycles.